The summed E-state index contributed by atoms with van der Waals surface area (Å²) in [6.07, 6.45) is -0.282. The van der Waals surface area contributed by atoms with Gasteiger partial charge in [0.05, 0.1) is 0 Å². The molecule has 1 aliphatic heterocycles. The van der Waals surface area contributed by atoms with Crippen molar-refractivity contribution in [2.24, 2.45) is 0 Å². The van der Waals surface area contributed by atoms with Gasteiger partial charge in [-0.1, -0.05) is 30.3 Å². The van der Waals surface area contributed by atoms with E-state index in [9.17, 15) is 9.59 Å². The molecule has 0 saturated carbocycles. The average molecular weight is 381 g/mol. The Kier molecular flexibility index (Phi) is 5.58. The highest BCUT2D eigenvalue weighted by molar-refractivity contribution is 6.12. The fraction of sp³-hybridized carbons (Fsp3) is 0.364. The molecule has 1 heterocycles. The van der Waals surface area contributed by atoms with Crippen LogP contribution in [0.2, 0.25) is 0 Å². The molecule has 6 heteroatoms. The lowest BCUT2D eigenvalue weighted by Crippen LogP contribution is -2.50. The number of amides is 1. The first-order valence-corrected chi connectivity index (χ1v) is 9.47. The Bertz CT molecular complexity index is 851. The summed E-state index contributed by atoms with van der Waals surface area (Å²) < 4.78 is 5.43. The Morgan fingerprint density at radius 3 is 2.18 bits per heavy atom. The van der Waals surface area contributed by atoms with E-state index in [0.29, 0.717) is 43.0 Å². The Morgan fingerprint density at radius 1 is 0.964 bits per heavy atom. The van der Waals surface area contributed by atoms with E-state index >= 15 is 0 Å². The van der Waals surface area contributed by atoms with Gasteiger partial charge >= 0.3 is 6.09 Å². The number of anilines is 2. The van der Waals surface area contributed by atoms with E-state index < -0.39 is 5.60 Å². The molecule has 148 valence electrons. The topological polar surface area (TPSA) is 75.9 Å². The van der Waals surface area contributed by atoms with E-state index in [-0.39, 0.29) is 11.9 Å². The van der Waals surface area contributed by atoms with Crippen LogP contribution in [-0.2, 0) is 4.74 Å². The van der Waals surface area contributed by atoms with Gasteiger partial charge in [-0.2, -0.15) is 0 Å². The number of benzene rings is 2. The number of hydrogen-bond donors (Lipinski definition) is 1. The first kappa shape index (κ1) is 19.7. The zero-order valence-corrected chi connectivity index (χ0v) is 16.6. The number of ether oxygens (including phenoxy) is 1. The van der Waals surface area contributed by atoms with E-state index in [2.05, 4.69) is 4.90 Å². The molecule has 0 atom stereocenters. The third-order valence-electron chi connectivity index (χ3n) is 4.61. The maximum absolute atomic E-state index is 12.6. The lowest BCUT2D eigenvalue weighted by molar-refractivity contribution is 0.0240. The Hall–Kier alpha value is -3.02. The summed E-state index contributed by atoms with van der Waals surface area (Å²) in [6.45, 7) is 8.13. The number of nitrogens with zero attached hydrogens (tertiary/aromatic N) is 2. The van der Waals surface area contributed by atoms with Crippen molar-refractivity contribution in [3.05, 3.63) is 59.7 Å². The summed E-state index contributed by atoms with van der Waals surface area (Å²) >= 11 is 0. The zero-order valence-electron chi connectivity index (χ0n) is 16.6. The lowest BCUT2D eigenvalue weighted by Gasteiger charge is -2.36. The van der Waals surface area contributed by atoms with Crippen LogP contribution in [0.3, 0.4) is 0 Å². The Labute approximate surface area is 165 Å². The van der Waals surface area contributed by atoms with E-state index in [1.54, 1.807) is 23.1 Å². The molecular formula is C22H27N3O3. The third-order valence-corrected chi connectivity index (χ3v) is 4.61. The summed E-state index contributed by atoms with van der Waals surface area (Å²) in [5.41, 5.74) is 8.21. The largest absolute Gasteiger partial charge is 0.444 e. The first-order chi connectivity index (χ1) is 13.2. The van der Waals surface area contributed by atoms with Crippen LogP contribution in [0.1, 0.15) is 36.7 Å². The maximum Gasteiger partial charge on any atom is 0.410 e. The van der Waals surface area contributed by atoms with E-state index in [1.807, 2.05) is 51.1 Å². The smallest absolute Gasteiger partial charge is 0.410 e. The van der Waals surface area contributed by atoms with Crippen molar-refractivity contribution in [3.8, 4) is 0 Å². The van der Waals surface area contributed by atoms with Gasteiger partial charge in [0.15, 0.2) is 5.78 Å². The third kappa shape index (κ3) is 4.63. The van der Waals surface area contributed by atoms with Crippen molar-refractivity contribution in [2.45, 2.75) is 26.4 Å². The average Bonchev–Trinajstić information content (AvgIpc) is 2.67. The molecule has 2 aromatic carbocycles. The van der Waals surface area contributed by atoms with Crippen molar-refractivity contribution in [1.82, 2.24) is 4.90 Å². The molecule has 0 radical (unpaired) electrons. The van der Waals surface area contributed by atoms with Crippen molar-refractivity contribution < 1.29 is 14.3 Å². The van der Waals surface area contributed by atoms with Crippen LogP contribution < -0.4 is 10.6 Å². The predicted octanol–water partition coefficient (Wildman–Crippen LogP) is 3.56. The van der Waals surface area contributed by atoms with Crippen molar-refractivity contribution in [3.63, 3.8) is 0 Å². The predicted molar refractivity (Wildman–Crippen MR) is 111 cm³/mol. The summed E-state index contributed by atoms with van der Waals surface area (Å²) in [6, 6.07) is 14.6. The molecule has 1 saturated heterocycles. The van der Waals surface area contributed by atoms with Crippen LogP contribution in [0.5, 0.6) is 0 Å². The van der Waals surface area contributed by atoms with Gasteiger partial charge in [0.25, 0.3) is 0 Å². The molecule has 1 aliphatic rings. The monoisotopic (exact) mass is 381 g/mol. The quantitative estimate of drug-likeness (QED) is 0.650. The fourth-order valence-corrected chi connectivity index (χ4v) is 3.17. The number of piperazine rings is 1. The minimum absolute atomic E-state index is 0.0839. The minimum Gasteiger partial charge on any atom is -0.444 e. The van der Waals surface area contributed by atoms with Gasteiger partial charge in [-0.25, -0.2) is 4.79 Å². The molecule has 3 rings (SSSR count). The number of carbonyl (C=O) groups is 2. The Balaban J connectivity index is 1.65. The highest BCUT2D eigenvalue weighted by Gasteiger charge is 2.26. The number of hydrogen-bond acceptors (Lipinski definition) is 5. The van der Waals surface area contributed by atoms with Gasteiger partial charge in [0, 0.05) is 48.7 Å². The summed E-state index contributed by atoms with van der Waals surface area (Å²) in [7, 11) is 0. The van der Waals surface area contributed by atoms with Gasteiger partial charge < -0.3 is 20.3 Å². The molecular weight excluding hydrogens is 354 g/mol. The number of carbonyl (C=O) groups excluding carboxylic acids is 2. The van der Waals surface area contributed by atoms with Gasteiger partial charge in [0.2, 0.25) is 0 Å². The molecule has 28 heavy (non-hydrogen) atoms. The molecule has 0 aliphatic carbocycles. The molecule has 6 nitrogen and oxygen atoms in total. The molecule has 2 aromatic rings. The maximum atomic E-state index is 12.6. The van der Waals surface area contributed by atoms with E-state index in [4.69, 9.17) is 10.5 Å². The molecule has 1 amide bonds. The van der Waals surface area contributed by atoms with Crippen LogP contribution in [0, 0.1) is 0 Å². The second-order valence-electron chi connectivity index (χ2n) is 7.92. The van der Waals surface area contributed by atoms with Crippen LogP contribution in [0.4, 0.5) is 16.2 Å². The molecule has 2 N–H and O–H groups in total. The highest BCUT2D eigenvalue weighted by atomic mass is 16.6. The van der Waals surface area contributed by atoms with E-state index in [0.717, 1.165) is 5.69 Å². The van der Waals surface area contributed by atoms with Crippen LogP contribution >= 0.6 is 0 Å². The van der Waals surface area contributed by atoms with Gasteiger partial charge in [0.1, 0.15) is 5.60 Å². The van der Waals surface area contributed by atoms with Crippen molar-refractivity contribution >= 4 is 23.3 Å². The summed E-state index contributed by atoms with van der Waals surface area (Å²) in [5, 5.41) is 0. The fourth-order valence-electron chi connectivity index (χ4n) is 3.17. The van der Waals surface area contributed by atoms with Crippen molar-refractivity contribution in [1.29, 1.82) is 0 Å². The molecule has 0 aromatic heterocycles. The van der Waals surface area contributed by atoms with Gasteiger partial charge in [-0.3, -0.25) is 4.79 Å². The second-order valence-corrected chi connectivity index (χ2v) is 7.92. The van der Waals surface area contributed by atoms with E-state index in [1.165, 1.54) is 0 Å². The molecule has 1 fully saturated rings. The second kappa shape index (κ2) is 7.92. The molecule has 0 spiro atoms. The lowest BCUT2D eigenvalue weighted by atomic mass is 10.0. The molecule has 0 unspecified atom stereocenters. The van der Waals surface area contributed by atoms with Crippen molar-refractivity contribution in [2.75, 3.05) is 36.8 Å². The number of rotatable bonds is 3. The number of ketones is 1. The molecule has 0 bridgehead atoms. The normalized spacial score (nSPS) is 14.7. The van der Waals surface area contributed by atoms with Crippen LogP contribution in [0.25, 0.3) is 0 Å². The zero-order chi connectivity index (χ0) is 20.3. The highest BCUT2D eigenvalue weighted by Crippen LogP contribution is 2.25. The number of nitrogen functional groups attached to an aromatic ring is 1. The number of nitrogens with two attached hydrogens (primary N) is 1. The SMILES string of the molecule is CC(C)(C)OC(=O)N1CCN(c2ccc(C(=O)c3ccccc3)c(N)c2)CC1. The summed E-state index contributed by atoms with van der Waals surface area (Å²) in [5.74, 6) is -0.0839. The Morgan fingerprint density at radius 2 is 1.61 bits per heavy atom. The first-order valence-electron chi connectivity index (χ1n) is 9.47. The summed E-state index contributed by atoms with van der Waals surface area (Å²) in [4.78, 5) is 28.7. The standard InChI is InChI=1S/C22H27N3O3/c1-22(2,3)28-21(27)25-13-11-24(12-14-25)17-9-10-18(19(23)15-17)20(26)16-7-5-4-6-8-16/h4-10,15H,11-14,23H2,1-3H3. The van der Waals surface area contributed by atoms with Gasteiger partial charge in [-0.15, -0.1) is 0 Å². The van der Waals surface area contributed by atoms with Crippen LogP contribution in [-0.4, -0.2) is 48.6 Å². The van der Waals surface area contributed by atoms with Gasteiger partial charge in [-0.05, 0) is 39.0 Å². The van der Waals surface area contributed by atoms with Crippen LogP contribution in [0.15, 0.2) is 48.5 Å². The minimum atomic E-state index is -0.496.